The molecule has 126 valence electrons. The lowest BCUT2D eigenvalue weighted by Crippen LogP contribution is -2.16. The zero-order valence-electron chi connectivity index (χ0n) is 13.5. The average molecular weight is 318 g/mol. The number of phenolic OH excluding ortho intramolecular Hbond substituents is 2. The minimum Gasteiger partial charge on any atom is -0.508 e. The van der Waals surface area contributed by atoms with E-state index in [-0.39, 0.29) is 17.4 Å². The number of carbonyl (C=O) groups excluding carboxylic acids is 1. The molecule has 0 aliphatic heterocycles. The van der Waals surface area contributed by atoms with E-state index >= 15 is 0 Å². The van der Waals surface area contributed by atoms with Crippen LogP contribution in [0.25, 0.3) is 0 Å². The maximum Gasteiger partial charge on any atom is 0.240 e. The molecule has 23 heavy (non-hydrogen) atoms. The molecule has 0 aromatic heterocycles. The molecule has 0 radical (unpaired) electrons. The van der Waals surface area contributed by atoms with Crippen LogP contribution in [0.5, 0.6) is 11.5 Å². The molecule has 1 aromatic carbocycles. The lowest BCUT2D eigenvalue weighted by molar-refractivity contribution is -0.121. The van der Waals surface area contributed by atoms with Crippen LogP contribution < -0.4 is 5.43 Å². The Balaban J connectivity index is 2.12. The molecule has 0 bridgehead atoms. The number of rotatable bonds is 11. The fourth-order valence-electron chi connectivity index (χ4n) is 2.15. The first kappa shape index (κ1) is 18.7. The molecule has 5 heteroatoms. The van der Waals surface area contributed by atoms with Gasteiger partial charge in [-0.3, -0.25) is 4.79 Å². The van der Waals surface area contributed by atoms with Crippen molar-refractivity contribution < 1.29 is 15.0 Å². The summed E-state index contributed by atoms with van der Waals surface area (Å²) in [6, 6.07) is 4.18. The van der Waals surface area contributed by atoms with E-state index in [0.29, 0.717) is 12.0 Å². The molecule has 0 unspecified atom stereocenters. The van der Waals surface area contributed by atoms with Crippen LogP contribution >= 0.6 is 0 Å². The summed E-state index contributed by atoms with van der Waals surface area (Å²) in [6.45, 7) is 3.70. The molecule has 0 spiro atoms. The fraction of sp³-hybridized carbons (Fsp3) is 0.444. The fourth-order valence-corrected chi connectivity index (χ4v) is 2.15. The van der Waals surface area contributed by atoms with Gasteiger partial charge in [-0.25, -0.2) is 5.43 Å². The number of phenols is 2. The summed E-state index contributed by atoms with van der Waals surface area (Å²) in [5.74, 6) is -0.237. The maximum absolute atomic E-state index is 11.6. The molecular formula is C18H26N2O3. The van der Waals surface area contributed by atoms with Gasteiger partial charge in [-0.05, 0) is 31.4 Å². The van der Waals surface area contributed by atoms with Crippen molar-refractivity contribution in [3.05, 3.63) is 36.4 Å². The maximum atomic E-state index is 11.6. The number of hydrogen-bond acceptors (Lipinski definition) is 4. The Hall–Kier alpha value is -2.30. The SMILES string of the molecule is C=CCCCCCCCCC(=O)N/N=C\c1ccc(O)cc1O. The zero-order valence-corrected chi connectivity index (χ0v) is 13.5. The van der Waals surface area contributed by atoms with Crippen LogP contribution in [0.2, 0.25) is 0 Å². The predicted octanol–water partition coefficient (Wildman–Crippen LogP) is 3.85. The zero-order chi connectivity index (χ0) is 16.9. The molecule has 3 N–H and O–H groups in total. The lowest BCUT2D eigenvalue weighted by atomic mass is 10.1. The third-order valence-electron chi connectivity index (χ3n) is 3.47. The van der Waals surface area contributed by atoms with Gasteiger partial charge < -0.3 is 10.2 Å². The lowest BCUT2D eigenvalue weighted by Gasteiger charge is -2.02. The third-order valence-corrected chi connectivity index (χ3v) is 3.47. The molecular weight excluding hydrogens is 292 g/mol. The topological polar surface area (TPSA) is 81.9 Å². The van der Waals surface area contributed by atoms with E-state index in [4.69, 9.17) is 0 Å². The summed E-state index contributed by atoms with van der Waals surface area (Å²) in [6.07, 6.45) is 11.5. The highest BCUT2D eigenvalue weighted by atomic mass is 16.3. The first-order chi connectivity index (χ1) is 11.1. The molecule has 0 aliphatic carbocycles. The van der Waals surface area contributed by atoms with Crippen LogP contribution in [0.3, 0.4) is 0 Å². The monoisotopic (exact) mass is 318 g/mol. The minimum absolute atomic E-state index is 0.0202. The first-order valence-electron chi connectivity index (χ1n) is 8.08. The number of carbonyl (C=O) groups is 1. The number of nitrogens with one attached hydrogen (secondary N) is 1. The van der Waals surface area contributed by atoms with Crippen LogP contribution in [0.4, 0.5) is 0 Å². The van der Waals surface area contributed by atoms with Gasteiger partial charge in [-0.15, -0.1) is 6.58 Å². The number of hydrogen-bond donors (Lipinski definition) is 3. The first-order valence-corrected chi connectivity index (χ1v) is 8.08. The smallest absolute Gasteiger partial charge is 0.240 e. The number of aromatic hydroxyl groups is 2. The average Bonchev–Trinajstić information content (AvgIpc) is 2.52. The van der Waals surface area contributed by atoms with E-state index in [1.807, 2.05) is 6.08 Å². The van der Waals surface area contributed by atoms with Gasteiger partial charge in [0, 0.05) is 18.1 Å². The molecule has 1 rings (SSSR count). The normalized spacial score (nSPS) is 10.8. The summed E-state index contributed by atoms with van der Waals surface area (Å²) in [5.41, 5.74) is 2.87. The van der Waals surface area contributed by atoms with Gasteiger partial charge >= 0.3 is 0 Å². The summed E-state index contributed by atoms with van der Waals surface area (Å²) in [4.78, 5) is 11.6. The van der Waals surface area contributed by atoms with Crippen LogP contribution in [0.1, 0.15) is 56.9 Å². The number of amides is 1. The Morgan fingerprint density at radius 2 is 1.83 bits per heavy atom. The standard InChI is InChI=1S/C18H26N2O3/c1-2-3-4-5-6-7-8-9-10-18(23)20-19-14-15-11-12-16(21)13-17(15)22/h2,11-14,21-22H,1,3-10H2,(H,20,23)/b19-14-. The van der Waals surface area contributed by atoms with E-state index in [9.17, 15) is 15.0 Å². The van der Waals surface area contributed by atoms with Crippen molar-refractivity contribution in [3.8, 4) is 11.5 Å². The Morgan fingerprint density at radius 1 is 1.13 bits per heavy atom. The van der Waals surface area contributed by atoms with Crippen molar-refractivity contribution in [1.29, 1.82) is 0 Å². The molecule has 0 heterocycles. The number of nitrogens with zero attached hydrogens (tertiary/aromatic N) is 1. The number of benzene rings is 1. The van der Waals surface area contributed by atoms with Gasteiger partial charge in [0.05, 0.1) is 6.21 Å². The van der Waals surface area contributed by atoms with E-state index < -0.39 is 0 Å². The molecule has 0 fully saturated rings. The van der Waals surface area contributed by atoms with Gasteiger partial charge in [0.15, 0.2) is 0 Å². The van der Waals surface area contributed by atoms with Gasteiger partial charge in [0.1, 0.15) is 11.5 Å². The van der Waals surface area contributed by atoms with Crippen LogP contribution in [0.15, 0.2) is 36.0 Å². The summed E-state index contributed by atoms with van der Waals surface area (Å²) in [7, 11) is 0. The van der Waals surface area contributed by atoms with Crippen molar-refractivity contribution in [2.75, 3.05) is 0 Å². The van der Waals surface area contributed by atoms with Crippen LogP contribution in [0, 0.1) is 0 Å². The summed E-state index contributed by atoms with van der Waals surface area (Å²) in [5, 5.41) is 22.5. The molecule has 0 aliphatic rings. The van der Waals surface area contributed by atoms with Gasteiger partial charge in [0.2, 0.25) is 5.91 Å². The molecule has 1 aromatic rings. The molecule has 0 atom stereocenters. The second kappa shape index (κ2) is 11.3. The minimum atomic E-state index is -0.133. The molecule has 1 amide bonds. The number of hydrazone groups is 1. The highest BCUT2D eigenvalue weighted by Gasteiger charge is 2.01. The van der Waals surface area contributed by atoms with Gasteiger partial charge in [-0.2, -0.15) is 5.10 Å². The summed E-state index contributed by atoms with van der Waals surface area (Å²) >= 11 is 0. The Morgan fingerprint density at radius 3 is 2.52 bits per heavy atom. The second-order valence-corrected chi connectivity index (χ2v) is 5.48. The Bertz CT molecular complexity index is 527. The summed E-state index contributed by atoms with van der Waals surface area (Å²) < 4.78 is 0. The Labute approximate surface area is 137 Å². The van der Waals surface area contributed by atoms with Gasteiger partial charge in [-0.1, -0.05) is 31.8 Å². The number of allylic oxidation sites excluding steroid dienone is 1. The van der Waals surface area contributed by atoms with E-state index in [1.165, 1.54) is 43.7 Å². The predicted molar refractivity (Wildman–Crippen MR) is 92.6 cm³/mol. The Kier molecular flexibility index (Phi) is 9.20. The highest BCUT2D eigenvalue weighted by Crippen LogP contribution is 2.20. The largest absolute Gasteiger partial charge is 0.508 e. The third kappa shape index (κ3) is 8.66. The van der Waals surface area contributed by atoms with Gasteiger partial charge in [0.25, 0.3) is 0 Å². The van der Waals surface area contributed by atoms with Crippen molar-refractivity contribution in [2.24, 2.45) is 5.10 Å². The molecule has 0 saturated carbocycles. The van der Waals surface area contributed by atoms with E-state index in [2.05, 4.69) is 17.1 Å². The van der Waals surface area contributed by atoms with E-state index in [0.717, 1.165) is 25.7 Å². The number of unbranched alkanes of at least 4 members (excludes halogenated alkanes) is 6. The van der Waals surface area contributed by atoms with Crippen molar-refractivity contribution >= 4 is 12.1 Å². The van der Waals surface area contributed by atoms with Crippen molar-refractivity contribution in [3.63, 3.8) is 0 Å². The van der Waals surface area contributed by atoms with Crippen molar-refractivity contribution in [2.45, 2.75) is 51.4 Å². The van der Waals surface area contributed by atoms with E-state index in [1.54, 1.807) is 0 Å². The highest BCUT2D eigenvalue weighted by molar-refractivity contribution is 5.85. The van der Waals surface area contributed by atoms with Crippen LogP contribution in [-0.4, -0.2) is 22.3 Å². The second-order valence-electron chi connectivity index (χ2n) is 5.48. The van der Waals surface area contributed by atoms with Crippen molar-refractivity contribution in [1.82, 2.24) is 5.43 Å². The van der Waals surface area contributed by atoms with Crippen LogP contribution in [-0.2, 0) is 4.79 Å². The molecule has 5 nitrogen and oxygen atoms in total. The quantitative estimate of drug-likeness (QED) is 0.251. The molecule has 0 saturated heterocycles.